The van der Waals surface area contributed by atoms with Gasteiger partial charge in [-0.2, -0.15) is 0 Å². The van der Waals surface area contributed by atoms with Crippen LogP contribution in [-0.2, 0) is 0 Å². The van der Waals surface area contributed by atoms with E-state index in [-0.39, 0.29) is 36.2 Å². The minimum atomic E-state index is -0.657. The molecule has 0 unspecified atom stereocenters. The predicted molar refractivity (Wildman–Crippen MR) is 105 cm³/mol. The second-order valence-corrected chi connectivity index (χ2v) is 6.48. The molecule has 11 heteroatoms. The zero-order chi connectivity index (χ0) is 19.8. The molecule has 0 saturated carbocycles. The highest BCUT2D eigenvalue weighted by molar-refractivity contribution is 9.09. The summed E-state index contributed by atoms with van der Waals surface area (Å²) in [5.74, 6) is -0.335. The lowest BCUT2D eigenvalue weighted by atomic mass is 10.2. The first-order valence-electron chi connectivity index (χ1n) is 7.59. The van der Waals surface area contributed by atoms with Crippen LogP contribution in [-0.4, -0.2) is 33.7 Å². The summed E-state index contributed by atoms with van der Waals surface area (Å²) in [5, 5.41) is 23.9. The molecule has 0 aliphatic carbocycles. The molecule has 27 heavy (non-hydrogen) atoms. The molecule has 2 aromatic rings. The molecule has 0 aliphatic rings. The van der Waals surface area contributed by atoms with E-state index in [9.17, 15) is 20.2 Å². The second-order valence-electron chi connectivity index (χ2n) is 4.90. The van der Waals surface area contributed by atoms with E-state index >= 15 is 0 Å². The quantitative estimate of drug-likeness (QED) is 0.257. The molecule has 0 N–H and O–H groups in total. The van der Waals surface area contributed by atoms with Crippen molar-refractivity contribution in [3.63, 3.8) is 0 Å². The third-order valence-electron chi connectivity index (χ3n) is 3.18. The number of ether oxygens (including phenoxy) is 3. The molecule has 0 bridgehead atoms. The van der Waals surface area contributed by atoms with Crippen LogP contribution in [0.4, 0.5) is 11.4 Å². The Morgan fingerprint density at radius 3 is 1.44 bits per heavy atom. The number of para-hydroxylation sites is 2. The maximum absolute atomic E-state index is 11.5. The zero-order valence-corrected chi connectivity index (χ0v) is 17.0. The summed E-state index contributed by atoms with van der Waals surface area (Å²) in [4.78, 5) is 21.7. The first-order valence-corrected chi connectivity index (χ1v) is 9.84. The van der Waals surface area contributed by atoms with Crippen molar-refractivity contribution in [2.24, 2.45) is 0 Å². The van der Waals surface area contributed by atoms with Gasteiger partial charge >= 0.3 is 11.4 Å². The summed E-state index contributed by atoms with van der Waals surface area (Å²) in [6.07, 6.45) is 0. The summed E-state index contributed by atoms with van der Waals surface area (Å²) < 4.78 is 16.2. The van der Waals surface area contributed by atoms with Crippen molar-refractivity contribution in [1.29, 1.82) is 0 Å². The van der Waals surface area contributed by atoms with Gasteiger partial charge in [0.05, 0.1) is 23.1 Å². The normalized spacial score (nSPS) is 10.3. The molecule has 0 spiro atoms. The molecule has 0 aliphatic heterocycles. The van der Waals surface area contributed by atoms with E-state index < -0.39 is 21.2 Å². The third-order valence-corrected chi connectivity index (χ3v) is 3.83. The number of nitro groups is 2. The standard InChI is InChI=1S/C16H14Br2N2O7/c17-7-9-25-11-3-1-5-13(15(11)19(21)22)27-14-6-2-4-12(26-10-8-18)16(14)20(23)24/h1-6H,7-10H2. The van der Waals surface area contributed by atoms with Crippen LogP contribution in [0.1, 0.15) is 0 Å². The SMILES string of the molecule is O=[N+]([O-])c1c(OCCBr)cccc1Oc1cccc(OCCBr)c1[N+](=O)[O-]. The Balaban J connectivity index is 2.47. The first kappa shape index (κ1) is 20.9. The summed E-state index contributed by atoms with van der Waals surface area (Å²) >= 11 is 6.35. The van der Waals surface area contributed by atoms with E-state index in [1.54, 1.807) is 0 Å². The van der Waals surface area contributed by atoms with Gasteiger partial charge in [-0.05, 0) is 24.3 Å². The van der Waals surface area contributed by atoms with E-state index in [1.165, 1.54) is 36.4 Å². The Labute approximate surface area is 170 Å². The van der Waals surface area contributed by atoms with Crippen LogP contribution >= 0.6 is 31.9 Å². The molecule has 9 nitrogen and oxygen atoms in total. The van der Waals surface area contributed by atoms with Gasteiger partial charge in [-0.1, -0.05) is 44.0 Å². The van der Waals surface area contributed by atoms with Gasteiger partial charge in [-0.3, -0.25) is 20.2 Å². The van der Waals surface area contributed by atoms with Crippen molar-refractivity contribution in [3.05, 3.63) is 56.6 Å². The summed E-state index contributed by atoms with van der Waals surface area (Å²) in [6.45, 7) is 0.417. The summed E-state index contributed by atoms with van der Waals surface area (Å²) in [6, 6.07) is 8.55. The zero-order valence-electron chi connectivity index (χ0n) is 13.8. The fourth-order valence-corrected chi connectivity index (χ4v) is 2.50. The van der Waals surface area contributed by atoms with Crippen molar-refractivity contribution >= 4 is 43.2 Å². The number of alkyl halides is 2. The molecule has 0 aromatic heterocycles. The monoisotopic (exact) mass is 504 g/mol. The number of nitro benzene ring substituents is 2. The molecule has 0 saturated heterocycles. The average Bonchev–Trinajstić information content (AvgIpc) is 2.64. The maximum Gasteiger partial charge on any atom is 0.352 e. The van der Waals surface area contributed by atoms with E-state index in [1.807, 2.05) is 0 Å². The van der Waals surface area contributed by atoms with Gasteiger partial charge in [0.25, 0.3) is 0 Å². The highest BCUT2D eigenvalue weighted by Gasteiger charge is 2.28. The predicted octanol–water partition coefficient (Wildman–Crippen LogP) is 4.84. The maximum atomic E-state index is 11.5. The minimum absolute atomic E-state index is 0.00583. The smallest absolute Gasteiger partial charge is 0.352 e. The van der Waals surface area contributed by atoms with Crippen LogP contribution in [0.15, 0.2) is 36.4 Å². The van der Waals surface area contributed by atoms with Gasteiger partial charge in [0, 0.05) is 10.7 Å². The molecule has 0 heterocycles. The van der Waals surface area contributed by atoms with Crippen molar-refractivity contribution in [3.8, 4) is 23.0 Å². The number of halogens is 2. The molecular weight excluding hydrogens is 492 g/mol. The van der Waals surface area contributed by atoms with Gasteiger partial charge in [-0.25, -0.2) is 0 Å². The van der Waals surface area contributed by atoms with Crippen LogP contribution in [0.2, 0.25) is 0 Å². The molecule has 0 radical (unpaired) electrons. The van der Waals surface area contributed by atoms with Crippen LogP contribution in [0, 0.1) is 20.2 Å². The Hall–Kier alpha value is -2.40. The average molecular weight is 506 g/mol. The lowest BCUT2D eigenvalue weighted by Gasteiger charge is -2.12. The van der Waals surface area contributed by atoms with Crippen molar-refractivity contribution < 1.29 is 24.1 Å². The van der Waals surface area contributed by atoms with Gasteiger partial charge in [0.15, 0.2) is 0 Å². The molecule has 0 fully saturated rings. The molecule has 144 valence electrons. The minimum Gasteiger partial charge on any atom is -0.486 e. The summed E-state index contributed by atoms with van der Waals surface area (Å²) in [7, 11) is 0. The van der Waals surface area contributed by atoms with E-state index in [2.05, 4.69) is 31.9 Å². The fourth-order valence-electron chi connectivity index (χ4n) is 2.18. The van der Waals surface area contributed by atoms with Crippen LogP contribution in [0.3, 0.4) is 0 Å². The van der Waals surface area contributed by atoms with Crippen molar-refractivity contribution in [2.75, 3.05) is 23.9 Å². The second kappa shape index (κ2) is 10.1. The van der Waals surface area contributed by atoms with Crippen LogP contribution < -0.4 is 14.2 Å². The number of nitrogens with zero attached hydrogens (tertiary/aromatic N) is 2. The number of benzene rings is 2. The van der Waals surface area contributed by atoms with Crippen LogP contribution in [0.25, 0.3) is 0 Å². The van der Waals surface area contributed by atoms with Gasteiger partial charge in [-0.15, -0.1) is 0 Å². The highest BCUT2D eigenvalue weighted by atomic mass is 79.9. The summed E-state index contributed by atoms with van der Waals surface area (Å²) in [5.41, 5.74) is -0.834. The van der Waals surface area contributed by atoms with Gasteiger partial charge < -0.3 is 14.2 Å². The van der Waals surface area contributed by atoms with Gasteiger partial charge in [0.2, 0.25) is 23.0 Å². The first-order chi connectivity index (χ1) is 13.0. The van der Waals surface area contributed by atoms with Crippen molar-refractivity contribution in [1.82, 2.24) is 0 Å². The molecule has 2 rings (SSSR count). The lowest BCUT2D eigenvalue weighted by molar-refractivity contribution is -0.388. The Morgan fingerprint density at radius 2 is 1.11 bits per heavy atom. The number of rotatable bonds is 10. The molecule has 0 amide bonds. The Kier molecular flexibility index (Phi) is 7.80. The van der Waals surface area contributed by atoms with E-state index in [4.69, 9.17) is 14.2 Å². The number of hydrogen-bond acceptors (Lipinski definition) is 7. The van der Waals surface area contributed by atoms with Gasteiger partial charge in [0.1, 0.15) is 0 Å². The molecule has 2 aromatic carbocycles. The largest absolute Gasteiger partial charge is 0.486 e. The topological polar surface area (TPSA) is 114 Å². The van der Waals surface area contributed by atoms with E-state index in [0.29, 0.717) is 10.7 Å². The molecular formula is C16H14Br2N2O7. The molecule has 0 atom stereocenters. The lowest BCUT2D eigenvalue weighted by Crippen LogP contribution is -2.04. The van der Waals surface area contributed by atoms with E-state index in [0.717, 1.165) is 0 Å². The number of hydrogen-bond donors (Lipinski definition) is 0. The highest BCUT2D eigenvalue weighted by Crippen LogP contribution is 2.43. The Bertz CT molecular complexity index is 765. The Morgan fingerprint density at radius 1 is 0.741 bits per heavy atom. The van der Waals surface area contributed by atoms with Crippen molar-refractivity contribution in [2.45, 2.75) is 0 Å². The fraction of sp³-hybridized carbons (Fsp3) is 0.250. The third kappa shape index (κ3) is 5.30. The van der Waals surface area contributed by atoms with Crippen LogP contribution in [0.5, 0.6) is 23.0 Å².